The summed E-state index contributed by atoms with van der Waals surface area (Å²) in [5.41, 5.74) is -1.06. The molecule has 0 radical (unpaired) electrons. The van der Waals surface area contributed by atoms with Crippen LogP contribution in [0.1, 0.15) is 48.1 Å². The second-order valence-corrected chi connectivity index (χ2v) is 10.9. The van der Waals surface area contributed by atoms with Crippen molar-refractivity contribution in [1.82, 2.24) is 19.4 Å². The second kappa shape index (κ2) is 8.85. The molecule has 36 heavy (non-hydrogen) atoms. The number of aromatic nitrogens is 2. The number of benzene rings is 1. The van der Waals surface area contributed by atoms with Crippen LogP contribution in [-0.2, 0) is 16.8 Å². The molecule has 2 amide bonds. The zero-order valence-electron chi connectivity index (χ0n) is 20.3. The number of aromatic hydroxyl groups is 1. The predicted octanol–water partition coefficient (Wildman–Crippen LogP) is 3.22. The summed E-state index contributed by atoms with van der Waals surface area (Å²) in [7, 11) is 0. The number of carbonyl (C=O) groups excluding carboxylic acids is 2. The van der Waals surface area contributed by atoms with Gasteiger partial charge in [-0.25, -0.2) is 9.37 Å². The van der Waals surface area contributed by atoms with E-state index in [0.717, 1.165) is 16.9 Å². The lowest BCUT2D eigenvalue weighted by molar-refractivity contribution is -0.145. The van der Waals surface area contributed by atoms with E-state index in [1.165, 1.54) is 39.1 Å². The Labute approximate surface area is 211 Å². The van der Waals surface area contributed by atoms with Crippen molar-refractivity contribution in [3.63, 3.8) is 0 Å². The zero-order valence-corrected chi connectivity index (χ0v) is 21.1. The molecule has 1 atom stereocenters. The van der Waals surface area contributed by atoms with Gasteiger partial charge in [0, 0.05) is 42.8 Å². The van der Waals surface area contributed by atoms with E-state index in [1.807, 2.05) is 13.8 Å². The maximum absolute atomic E-state index is 13.6. The van der Waals surface area contributed by atoms with Crippen molar-refractivity contribution in [2.24, 2.45) is 0 Å². The third kappa shape index (κ3) is 3.89. The molecule has 188 valence electrons. The molecule has 0 bridgehead atoms. The molecule has 0 unspecified atom stereocenters. The normalized spacial score (nSPS) is 19.4. The van der Waals surface area contributed by atoms with E-state index in [2.05, 4.69) is 4.98 Å². The first-order chi connectivity index (χ1) is 17.1. The van der Waals surface area contributed by atoms with Crippen LogP contribution in [-0.4, -0.2) is 61.9 Å². The van der Waals surface area contributed by atoms with Crippen molar-refractivity contribution in [1.29, 1.82) is 0 Å². The van der Waals surface area contributed by atoms with Gasteiger partial charge < -0.3 is 19.5 Å². The molecule has 0 spiro atoms. The van der Waals surface area contributed by atoms with Crippen LogP contribution in [0.5, 0.6) is 5.75 Å². The Kier molecular flexibility index (Phi) is 5.94. The molecule has 2 aliphatic rings. The van der Waals surface area contributed by atoms with Crippen LogP contribution in [0.15, 0.2) is 41.5 Å². The van der Waals surface area contributed by atoms with E-state index in [4.69, 9.17) is 0 Å². The minimum absolute atomic E-state index is 0.125. The van der Waals surface area contributed by atoms with Crippen LogP contribution >= 0.6 is 11.3 Å². The molecular formula is C26H27FN4O4S. The lowest BCUT2D eigenvalue weighted by atomic mass is 9.91. The minimum Gasteiger partial charge on any atom is -0.503 e. The summed E-state index contributed by atoms with van der Waals surface area (Å²) in [4.78, 5) is 48.6. The topological polar surface area (TPSA) is 95.7 Å². The molecule has 2 aromatic heterocycles. The molecule has 2 aliphatic heterocycles. The Morgan fingerprint density at radius 1 is 1.22 bits per heavy atom. The van der Waals surface area contributed by atoms with E-state index >= 15 is 0 Å². The van der Waals surface area contributed by atoms with Crippen molar-refractivity contribution < 1.29 is 19.1 Å². The molecule has 8 nitrogen and oxygen atoms in total. The number of hydrogen-bond donors (Lipinski definition) is 1. The van der Waals surface area contributed by atoms with Gasteiger partial charge in [-0.15, -0.1) is 11.3 Å². The fraction of sp³-hybridized carbons (Fsp3) is 0.385. The number of hydrogen-bond acceptors (Lipinski definition) is 6. The standard InChI is InChI=1S/C26H27FN4O4S/c1-15(2)30-14-26(3,25(35)29-9-4-10-29)31-13-19(21(32)22(33)20(31)24(30)34)23-28-12-18(36-23)11-16-5-7-17(27)8-6-16/h5-8,12-13,15,33H,4,9-11,14H2,1-3H3/t26-/m1/s1. The summed E-state index contributed by atoms with van der Waals surface area (Å²) in [6.07, 6.45) is 4.55. The zero-order chi connectivity index (χ0) is 25.8. The van der Waals surface area contributed by atoms with Gasteiger partial charge in [0.25, 0.3) is 5.91 Å². The van der Waals surface area contributed by atoms with Crippen molar-refractivity contribution in [3.05, 3.63) is 68.8 Å². The molecule has 3 aromatic rings. The van der Waals surface area contributed by atoms with Gasteiger partial charge in [0.2, 0.25) is 11.3 Å². The van der Waals surface area contributed by atoms with E-state index in [0.29, 0.717) is 24.5 Å². The summed E-state index contributed by atoms with van der Waals surface area (Å²) < 4.78 is 14.7. The minimum atomic E-state index is -1.19. The van der Waals surface area contributed by atoms with Gasteiger partial charge in [0.15, 0.2) is 11.4 Å². The van der Waals surface area contributed by atoms with Crippen LogP contribution in [0, 0.1) is 5.82 Å². The Morgan fingerprint density at radius 2 is 1.92 bits per heavy atom. The summed E-state index contributed by atoms with van der Waals surface area (Å²) in [6, 6.07) is 5.93. The number of rotatable bonds is 5. The highest BCUT2D eigenvalue weighted by atomic mass is 32.1. The summed E-state index contributed by atoms with van der Waals surface area (Å²) >= 11 is 1.28. The van der Waals surface area contributed by atoms with Crippen LogP contribution in [0.4, 0.5) is 4.39 Å². The van der Waals surface area contributed by atoms with E-state index < -0.39 is 22.6 Å². The largest absolute Gasteiger partial charge is 0.503 e. The van der Waals surface area contributed by atoms with Crippen molar-refractivity contribution >= 4 is 23.2 Å². The van der Waals surface area contributed by atoms with E-state index in [-0.39, 0.29) is 35.6 Å². The first-order valence-electron chi connectivity index (χ1n) is 11.9. The molecule has 1 N–H and O–H groups in total. The SMILES string of the molecule is CC(C)N1C[C@](C)(C(=O)N2CCC2)n2cc(-c3ncc(Cc4ccc(F)cc4)s3)c(=O)c(O)c2C1=O. The maximum Gasteiger partial charge on any atom is 0.274 e. The summed E-state index contributed by atoms with van der Waals surface area (Å²) in [5.74, 6) is -1.64. The van der Waals surface area contributed by atoms with Gasteiger partial charge >= 0.3 is 0 Å². The fourth-order valence-corrected chi connectivity index (χ4v) is 5.68. The second-order valence-electron chi connectivity index (χ2n) is 9.82. The first-order valence-corrected chi connectivity index (χ1v) is 12.7. The number of thiazole rings is 1. The third-order valence-corrected chi connectivity index (χ3v) is 7.99. The monoisotopic (exact) mass is 510 g/mol. The Bertz CT molecular complexity index is 1410. The molecule has 4 heterocycles. The van der Waals surface area contributed by atoms with Crippen LogP contribution in [0.2, 0.25) is 0 Å². The highest BCUT2D eigenvalue weighted by Crippen LogP contribution is 2.36. The van der Waals surface area contributed by atoms with Gasteiger partial charge in [-0.05, 0) is 44.9 Å². The highest BCUT2D eigenvalue weighted by molar-refractivity contribution is 7.15. The molecule has 0 saturated carbocycles. The van der Waals surface area contributed by atoms with Gasteiger partial charge in [0.1, 0.15) is 16.4 Å². The molecule has 1 aromatic carbocycles. The summed E-state index contributed by atoms with van der Waals surface area (Å²) in [6.45, 7) is 6.82. The van der Waals surface area contributed by atoms with Gasteiger partial charge in [-0.2, -0.15) is 0 Å². The van der Waals surface area contributed by atoms with Gasteiger partial charge in [0.05, 0.1) is 12.1 Å². The average Bonchev–Trinajstić information content (AvgIpc) is 3.26. The number of pyridine rings is 1. The molecular weight excluding hydrogens is 483 g/mol. The van der Waals surface area contributed by atoms with Crippen LogP contribution < -0.4 is 5.43 Å². The Hall–Kier alpha value is -3.53. The Balaban J connectivity index is 1.60. The molecule has 1 fully saturated rings. The van der Waals surface area contributed by atoms with Crippen molar-refractivity contribution in [2.75, 3.05) is 19.6 Å². The van der Waals surface area contributed by atoms with E-state index in [1.54, 1.807) is 30.2 Å². The maximum atomic E-state index is 13.6. The number of halogens is 1. The number of likely N-dealkylation sites (tertiary alicyclic amines) is 1. The molecule has 10 heteroatoms. The van der Waals surface area contributed by atoms with E-state index in [9.17, 15) is 23.9 Å². The third-order valence-electron chi connectivity index (χ3n) is 6.96. The fourth-order valence-electron chi connectivity index (χ4n) is 4.73. The summed E-state index contributed by atoms with van der Waals surface area (Å²) in [5, 5.41) is 11.4. The number of fused-ring (bicyclic) bond motifs is 1. The number of amides is 2. The lowest BCUT2D eigenvalue weighted by Gasteiger charge is -2.47. The van der Waals surface area contributed by atoms with Crippen LogP contribution in [0.25, 0.3) is 10.6 Å². The molecule has 0 aliphatic carbocycles. The number of carbonyl (C=O) groups is 2. The first kappa shape index (κ1) is 24.2. The van der Waals surface area contributed by atoms with Crippen LogP contribution in [0.3, 0.4) is 0 Å². The number of nitrogens with zero attached hydrogens (tertiary/aromatic N) is 4. The van der Waals surface area contributed by atoms with Crippen molar-refractivity contribution in [3.8, 4) is 16.3 Å². The molecule has 1 saturated heterocycles. The van der Waals surface area contributed by atoms with Gasteiger partial charge in [-0.3, -0.25) is 14.4 Å². The highest BCUT2D eigenvalue weighted by Gasteiger charge is 2.49. The predicted molar refractivity (Wildman–Crippen MR) is 134 cm³/mol. The van der Waals surface area contributed by atoms with Crippen molar-refractivity contribution in [2.45, 2.75) is 45.2 Å². The molecule has 5 rings (SSSR count). The average molecular weight is 511 g/mol. The quantitative estimate of drug-likeness (QED) is 0.569. The smallest absolute Gasteiger partial charge is 0.274 e. The van der Waals surface area contributed by atoms with Gasteiger partial charge in [-0.1, -0.05) is 12.1 Å². The Morgan fingerprint density at radius 3 is 2.53 bits per heavy atom. The lowest BCUT2D eigenvalue weighted by Crippen LogP contribution is -2.63.